The number of rotatable bonds is 3. The summed E-state index contributed by atoms with van der Waals surface area (Å²) in [6.07, 6.45) is 2.66. The van der Waals surface area contributed by atoms with Crippen LogP contribution in [0.1, 0.15) is 18.9 Å². The van der Waals surface area contributed by atoms with Crippen molar-refractivity contribution < 1.29 is 4.79 Å². The van der Waals surface area contributed by atoms with Gasteiger partial charge < -0.3 is 5.32 Å². The van der Waals surface area contributed by atoms with Crippen LogP contribution in [0.2, 0.25) is 5.02 Å². The third-order valence-corrected chi connectivity index (χ3v) is 3.16. The zero-order valence-electron chi connectivity index (χ0n) is 9.94. The Morgan fingerprint density at radius 3 is 2.67 bits per heavy atom. The van der Waals surface area contributed by atoms with Crippen LogP contribution in [0.4, 0.5) is 0 Å². The molecule has 0 atom stereocenters. The summed E-state index contributed by atoms with van der Waals surface area (Å²) in [7, 11) is 0. The molecule has 1 N–H and O–H groups in total. The second kappa shape index (κ2) is 5.50. The maximum absolute atomic E-state index is 12.1. The van der Waals surface area contributed by atoms with Crippen molar-refractivity contribution in [2.45, 2.75) is 13.3 Å². The molecule has 94 valence electrons. The largest absolute Gasteiger partial charge is 0.328 e. The lowest BCUT2D eigenvalue weighted by Crippen LogP contribution is -2.31. The summed E-state index contributed by atoms with van der Waals surface area (Å²) in [5.74, 6) is -0.0724. The Balaban J connectivity index is 2.22. The lowest BCUT2D eigenvalue weighted by atomic mass is 10.2. The van der Waals surface area contributed by atoms with Crippen LogP contribution in [-0.2, 0) is 4.79 Å². The van der Waals surface area contributed by atoms with Crippen molar-refractivity contribution in [1.29, 1.82) is 0 Å². The summed E-state index contributed by atoms with van der Waals surface area (Å²) >= 11 is 10.9. The van der Waals surface area contributed by atoms with Crippen LogP contribution < -0.4 is 5.32 Å². The second-order valence-corrected chi connectivity index (χ2v) is 4.82. The van der Waals surface area contributed by atoms with Crippen molar-refractivity contribution in [3.8, 4) is 0 Å². The van der Waals surface area contributed by atoms with Crippen LogP contribution in [0.25, 0.3) is 6.08 Å². The van der Waals surface area contributed by atoms with E-state index in [1.54, 1.807) is 23.1 Å². The van der Waals surface area contributed by atoms with Gasteiger partial charge in [-0.2, -0.15) is 0 Å². The minimum atomic E-state index is -0.0724. The van der Waals surface area contributed by atoms with Crippen molar-refractivity contribution in [1.82, 2.24) is 10.2 Å². The normalized spacial score (nSPS) is 17.4. The standard InChI is InChI=1S/C13H13ClN2OS/c1-2-7-16-12(17)11(15-13(16)18)8-9-3-5-10(14)6-4-9/h3-6,8H,2,7H2,1H3,(H,15,18)/b11-8+. The Labute approximate surface area is 116 Å². The van der Waals surface area contributed by atoms with Gasteiger partial charge in [-0.15, -0.1) is 0 Å². The summed E-state index contributed by atoms with van der Waals surface area (Å²) in [6.45, 7) is 2.65. The number of hydrogen-bond donors (Lipinski definition) is 1. The van der Waals surface area contributed by atoms with E-state index in [0.717, 1.165) is 12.0 Å². The number of halogens is 1. The van der Waals surface area contributed by atoms with E-state index in [1.807, 2.05) is 19.1 Å². The Morgan fingerprint density at radius 2 is 2.06 bits per heavy atom. The van der Waals surface area contributed by atoms with Gasteiger partial charge in [-0.3, -0.25) is 9.69 Å². The molecule has 1 amide bonds. The lowest BCUT2D eigenvalue weighted by Gasteiger charge is -2.11. The van der Waals surface area contributed by atoms with E-state index < -0.39 is 0 Å². The van der Waals surface area contributed by atoms with Crippen molar-refractivity contribution in [3.63, 3.8) is 0 Å². The number of carbonyl (C=O) groups excluding carboxylic acids is 1. The number of carbonyl (C=O) groups is 1. The average molecular weight is 281 g/mol. The molecule has 1 aliphatic heterocycles. The van der Waals surface area contributed by atoms with Crippen molar-refractivity contribution in [2.75, 3.05) is 6.54 Å². The van der Waals surface area contributed by atoms with Gasteiger partial charge in [-0.05, 0) is 42.4 Å². The summed E-state index contributed by atoms with van der Waals surface area (Å²) in [5.41, 5.74) is 1.42. The summed E-state index contributed by atoms with van der Waals surface area (Å²) in [6, 6.07) is 7.29. The van der Waals surface area contributed by atoms with Gasteiger partial charge in [-0.1, -0.05) is 30.7 Å². The molecule has 5 heteroatoms. The molecule has 0 spiro atoms. The van der Waals surface area contributed by atoms with E-state index in [4.69, 9.17) is 23.8 Å². The van der Waals surface area contributed by atoms with Gasteiger partial charge >= 0.3 is 0 Å². The number of thiocarbonyl (C=S) groups is 1. The van der Waals surface area contributed by atoms with Crippen LogP contribution in [-0.4, -0.2) is 22.5 Å². The number of amides is 1. The quantitative estimate of drug-likeness (QED) is 0.683. The van der Waals surface area contributed by atoms with E-state index >= 15 is 0 Å². The summed E-state index contributed by atoms with van der Waals surface area (Å²) in [5, 5.41) is 4.08. The molecule has 1 aromatic carbocycles. The molecule has 1 saturated heterocycles. The minimum absolute atomic E-state index is 0.0724. The van der Waals surface area contributed by atoms with Gasteiger partial charge in [0.1, 0.15) is 5.70 Å². The molecule has 0 saturated carbocycles. The Bertz CT molecular complexity index is 510. The molecule has 1 aliphatic rings. The Hall–Kier alpha value is -1.39. The topological polar surface area (TPSA) is 32.3 Å². The fourth-order valence-electron chi connectivity index (χ4n) is 1.72. The Kier molecular flexibility index (Phi) is 3.99. The van der Waals surface area contributed by atoms with Crippen molar-refractivity contribution in [3.05, 3.63) is 40.5 Å². The van der Waals surface area contributed by atoms with Gasteiger partial charge in [0.05, 0.1) is 0 Å². The number of hydrogen-bond acceptors (Lipinski definition) is 2. The monoisotopic (exact) mass is 280 g/mol. The zero-order chi connectivity index (χ0) is 13.1. The van der Waals surface area contributed by atoms with Crippen molar-refractivity contribution >= 4 is 40.9 Å². The molecule has 1 aromatic rings. The molecule has 18 heavy (non-hydrogen) atoms. The summed E-state index contributed by atoms with van der Waals surface area (Å²) < 4.78 is 0. The first-order valence-corrected chi connectivity index (χ1v) is 6.50. The van der Waals surface area contributed by atoms with Gasteiger partial charge in [0, 0.05) is 11.6 Å². The van der Waals surface area contributed by atoms with Gasteiger partial charge in [0.2, 0.25) is 0 Å². The molecule has 0 aliphatic carbocycles. The zero-order valence-corrected chi connectivity index (χ0v) is 11.5. The first-order chi connectivity index (χ1) is 8.61. The molecule has 1 heterocycles. The van der Waals surface area contributed by atoms with E-state index in [1.165, 1.54) is 0 Å². The predicted octanol–water partition coefficient (Wildman–Crippen LogP) is 2.81. The van der Waals surface area contributed by atoms with Gasteiger partial charge in [-0.25, -0.2) is 0 Å². The van der Waals surface area contributed by atoms with E-state index in [2.05, 4.69) is 5.32 Å². The molecular formula is C13H13ClN2OS. The van der Waals surface area contributed by atoms with Crippen LogP contribution in [0.3, 0.4) is 0 Å². The molecule has 0 bridgehead atoms. The lowest BCUT2D eigenvalue weighted by molar-refractivity contribution is -0.122. The third kappa shape index (κ3) is 2.71. The highest BCUT2D eigenvalue weighted by Gasteiger charge is 2.29. The number of nitrogens with zero attached hydrogens (tertiary/aromatic N) is 1. The van der Waals surface area contributed by atoms with Crippen molar-refractivity contribution in [2.24, 2.45) is 0 Å². The fraction of sp³-hybridized carbons (Fsp3) is 0.231. The highest BCUT2D eigenvalue weighted by Crippen LogP contribution is 2.16. The Morgan fingerprint density at radius 1 is 1.39 bits per heavy atom. The smallest absolute Gasteiger partial charge is 0.276 e. The number of benzene rings is 1. The highest BCUT2D eigenvalue weighted by atomic mass is 35.5. The average Bonchev–Trinajstić information content (AvgIpc) is 2.60. The van der Waals surface area contributed by atoms with E-state index in [9.17, 15) is 4.79 Å². The summed E-state index contributed by atoms with van der Waals surface area (Å²) in [4.78, 5) is 13.6. The first-order valence-electron chi connectivity index (χ1n) is 5.72. The molecule has 1 fully saturated rings. The van der Waals surface area contributed by atoms with E-state index in [-0.39, 0.29) is 5.91 Å². The maximum Gasteiger partial charge on any atom is 0.276 e. The van der Waals surface area contributed by atoms with E-state index in [0.29, 0.717) is 22.4 Å². The maximum atomic E-state index is 12.1. The SMILES string of the molecule is CCCN1C(=O)/C(=C\c2ccc(Cl)cc2)NC1=S. The van der Waals surface area contributed by atoms with Crippen LogP contribution in [0.5, 0.6) is 0 Å². The number of nitrogens with one attached hydrogen (secondary N) is 1. The van der Waals surface area contributed by atoms with Crippen LogP contribution >= 0.6 is 23.8 Å². The molecule has 2 rings (SSSR count). The first kappa shape index (κ1) is 13.1. The van der Waals surface area contributed by atoms with Gasteiger partial charge in [0.15, 0.2) is 5.11 Å². The molecular weight excluding hydrogens is 268 g/mol. The molecule has 0 aromatic heterocycles. The van der Waals surface area contributed by atoms with Gasteiger partial charge in [0.25, 0.3) is 5.91 Å². The predicted molar refractivity (Wildman–Crippen MR) is 77.2 cm³/mol. The van der Waals surface area contributed by atoms with Crippen LogP contribution in [0, 0.1) is 0 Å². The molecule has 3 nitrogen and oxygen atoms in total. The highest BCUT2D eigenvalue weighted by molar-refractivity contribution is 7.80. The second-order valence-electron chi connectivity index (χ2n) is 4.00. The molecule has 0 radical (unpaired) electrons. The van der Waals surface area contributed by atoms with Crippen LogP contribution in [0.15, 0.2) is 30.0 Å². The minimum Gasteiger partial charge on any atom is -0.328 e. The third-order valence-electron chi connectivity index (χ3n) is 2.59. The fourth-order valence-corrected chi connectivity index (χ4v) is 2.13. The molecule has 0 unspecified atom stereocenters.